The Bertz CT molecular complexity index is 999. The van der Waals surface area contributed by atoms with Crippen molar-refractivity contribution in [1.82, 2.24) is 15.0 Å². The van der Waals surface area contributed by atoms with Gasteiger partial charge in [-0.2, -0.15) is 4.98 Å². The summed E-state index contributed by atoms with van der Waals surface area (Å²) >= 11 is 0. The molecule has 1 aromatic heterocycles. The van der Waals surface area contributed by atoms with Gasteiger partial charge in [-0.15, -0.1) is 0 Å². The van der Waals surface area contributed by atoms with E-state index in [1.165, 1.54) is 10.5 Å². The van der Waals surface area contributed by atoms with E-state index in [2.05, 4.69) is 10.1 Å². The van der Waals surface area contributed by atoms with E-state index in [9.17, 15) is 4.79 Å². The van der Waals surface area contributed by atoms with Crippen molar-refractivity contribution in [3.05, 3.63) is 59.5 Å². The minimum atomic E-state index is -0.636. The molecule has 7 nitrogen and oxygen atoms in total. The third-order valence-corrected chi connectivity index (χ3v) is 4.68. The number of likely N-dealkylation sites (N-methyl/N-ethyl adjacent to an activating group) is 1. The van der Waals surface area contributed by atoms with Crippen molar-refractivity contribution < 1.29 is 18.8 Å². The van der Waals surface area contributed by atoms with E-state index < -0.39 is 6.10 Å². The number of carbonyl (C=O) groups excluding carboxylic acids is 1. The predicted octanol–water partition coefficient (Wildman–Crippen LogP) is 3.79. The Balaban J connectivity index is 1.63. The van der Waals surface area contributed by atoms with E-state index in [4.69, 9.17) is 14.0 Å². The van der Waals surface area contributed by atoms with Gasteiger partial charge in [0.1, 0.15) is 11.5 Å². The number of benzene rings is 2. The molecule has 2 aromatic carbocycles. The van der Waals surface area contributed by atoms with Crippen LogP contribution in [0.25, 0.3) is 11.4 Å². The van der Waals surface area contributed by atoms with Crippen LogP contribution < -0.4 is 9.47 Å². The fourth-order valence-electron chi connectivity index (χ4n) is 2.83. The Morgan fingerprint density at radius 2 is 1.93 bits per heavy atom. The van der Waals surface area contributed by atoms with Crippen LogP contribution in [0.1, 0.15) is 23.9 Å². The monoisotopic (exact) mass is 395 g/mol. The number of carbonyl (C=O) groups is 1. The molecule has 1 heterocycles. The molecule has 0 bridgehead atoms. The maximum Gasteiger partial charge on any atom is 0.263 e. The van der Waals surface area contributed by atoms with E-state index in [0.29, 0.717) is 23.2 Å². The summed E-state index contributed by atoms with van der Waals surface area (Å²) in [6, 6.07) is 13.2. The molecule has 152 valence electrons. The second-order valence-electron chi connectivity index (χ2n) is 6.94. The molecule has 29 heavy (non-hydrogen) atoms. The van der Waals surface area contributed by atoms with Crippen molar-refractivity contribution in [3.63, 3.8) is 0 Å². The van der Waals surface area contributed by atoms with Crippen LogP contribution in [-0.4, -0.2) is 41.2 Å². The Morgan fingerprint density at radius 1 is 1.14 bits per heavy atom. The van der Waals surface area contributed by atoms with Crippen LogP contribution in [0.2, 0.25) is 0 Å². The van der Waals surface area contributed by atoms with Gasteiger partial charge in [-0.05, 0) is 56.2 Å². The summed E-state index contributed by atoms with van der Waals surface area (Å²) in [5, 5.41) is 3.99. The molecule has 1 amide bonds. The summed E-state index contributed by atoms with van der Waals surface area (Å²) in [5.41, 5.74) is 3.07. The van der Waals surface area contributed by atoms with Crippen molar-refractivity contribution in [3.8, 4) is 22.9 Å². The van der Waals surface area contributed by atoms with Gasteiger partial charge >= 0.3 is 0 Å². The van der Waals surface area contributed by atoms with Crippen molar-refractivity contribution in [2.75, 3.05) is 14.2 Å². The fraction of sp³-hybridized carbons (Fsp3) is 0.318. The molecule has 1 atom stereocenters. The highest BCUT2D eigenvalue weighted by molar-refractivity contribution is 5.80. The first kappa shape index (κ1) is 20.4. The molecule has 0 saturated carbocycles. The highest BCUT2D eigenvalue weighted by Gasteiger charge is 2.21. The van der Waals surface area contributed by atoms with Gasteiger partial charge in [0.05, 0.1) is 13.7 Å². The van der Waals surface area contributed by atoms with Crippen LogP contribution in [0.4, 0.5) is 0 Å². The lowest BCUT2D eigenvalue weighted by atomic mass is 10.1. The summed E-state index contributed by atoms with van der Waals surface area (Å²) < 4.78 is 16.3. The molecule has 0 saturated heterocycles. The Hall–Kier alpha value is -3.35. The van der Waals surface area contributed by atoms with Crippen LogP contribution in [-0.2, 0) is 11.3 Å². The quantitative estimate of drug-likeness (QED) is 0.606. The average molecular weight is 395 g/mol. The minimum absolute atomic E-state index is 0.177. The molecule has 0 aliphatic rings. The second kappa shape index (κ2) is 8.77. The fourth-order valence-corrected chi connectivity index (χ4v) is 2.83. The highest BCUT2D eigenvalue weighted by Crippen LogP contribution is 2.22. The number of aromatic nitrogens is 2. The zero-order valence-electron chi connectivity index (χ0n) is 17.3. The zero-order chi connectivity index (χ0) is 21.0. The lowest BCUT2D eigenvalue weighted by Crippen LogP contribution is -2.37. The number of hydrogen-bond acceptors (Lipinski definition) is 6. The molecule has 0 N–H and O–H groups in total. The van der Waals surface area contributed by atoms with E-state index in [0.717, 1.165) is 11.1 Å². The van der Waals surface area contributed by atoms with Gasteiger partial charge in [0.25, 0.3) is 5.91 Å². The predicted molar refractivity (Wildman–Crippen MR) is 109 cm³/mol. The average Bonchev–Trinajstić information content (AvgIpc) is 3.18. The van der Waals surface area contributed by atoms with E-state index >= 15 is 0 Å². The number of aryl methyl sites for hydroxylation is 2. The molecule has 7 heteroatoms. The van der Waals surface area contributed by atoms with Gasteiger partial charge in [0.2, 0.25) is 11.7 Å². The number of hydrogen-bond donors (Lipinski definition) is 0. The summed E-state index contributed by atoms with van der Waals surface area (Å²) in [7, 11) is 3.28. The Labute approximate surface area is 170 Å². The molecule has 0 radical (unpaired) electrons. The SMILES string of the molecule is COc1cccc(-c2noc(CN(C)C(=O)[C@@H](C)Oc3ccc(C)c(C)c3)n2)c1. The van der Waals surface area contributed by atoms with Crippen LogP contribution in [0.5, 0.6) is 11.5 Å². The van der Waals surface area contributed by atoms with Gasteiger partial charge in [-0.25, -0.2) is 0 Å². The first-order valence-electron chi connectivity index (χ1n) is 9.33. The van der Waals surface area contributed by atoms with Crippen molar-refractivity contribution in [2.45, 2.75) is 33.4 Å². The zero-order valence-corrected chi connectivity index (χ0v) is 17.3. The standard InChI is InChI=1S/C22H25N3O4/c1-14-9-10-19(11-15(14)2)28-16(3)22(26)25(4)13-20-23-21(24-29-20)17-7-6-8-18(12-17)27-5/h6-12,16H,13H2,1-5H3/t16-/m1/s1. The maximum absolute atomic E-state index is 12.7. The summed E-state index contributed by atoms with van der Waals surface area (Å²) in [6.07, 6.45) is -0.636. The number of amides is 1. The number of rotatable bonds is 7. The third kappa shape index (κ3) is 4.93. The Morgan fingerprint density at radius 3 is 2.66 bits per heavy atom. The number of ether oxygens (including phenoxy) is 2. The van der Waals surface area contributed by atoms with Crippen LogP contribution in [0.15, 0.2) is 47.0 Å². The van der Waals surface area contributed by atoms with Crippen LogP contribution in [0.3, 0.4) is 0 Å². The topological polar surface area (TPSA) is 77.7 Å². The van der Waals surface area contributed by atoms with Gasteiger partial charge in [-0.1, -0.05) is 23.4 Å². The van der Waals surface area contributed by atoms with Gasteiger partial charge in [0, 0.05) is 12.6 Å². The second-order valence-corrected chi connectivity index (χ2v) is 6.94. The third-order valence-electron chi connectivity index (χ3n) is 4.68. The molecule has 0 aliphatic heterocycles. The molecule has 3 rings (SSSR count). The van der Waals surface area contributed by atoms with Gasteiger partial charge < -0.3 is 18.9 Å². The van der Waals surface area contributed by atoms with Gasteiger partial charge in [0.15, 0.2) is 6.10 Å². The largest absolute Gasteiger partial charge is 0.497 e. The summed E-state index contributed by atoms with van der Waals surface area (Å²) in [4.78, 5) is 18.5. The molecule has 0 spiro atoms. The van der Waals surface area contributed by atoms with E-state index in [1.54, 1.807) is 21.1 Å². The van der Waals surface area contributed by atoms with Gasteiger partial charge in [-0.3, -0.25) is 4.79 Å². The van der Waals surface area contributed by atoms with Crippen molar-refractivity contribution in [1.29, 1.82) is 0 Å². The van der Waals surface area contributed by atoms with Crippen molar-refractivity contribution in [2.24, 2.45) is 0 Å². The molecule has 0 aliphatic carbocycles. The minimum Gasteiger partial charge on any atom is -0.497 e. The highest BCUT2D eigenvalue weighted by atomic mass is 16.5. The summed E-state index contributed by atoms with van der Waals surface area (Å²) in [6.45, 7) is 5.96. The Kier molecular flexibility index (Phi) is 6.16. The molecule has 0 fully saturated rings. The number of nitrogens with zero attached hydrogens (tertiary/aromatic N) is 3. The number of methoxy groups -OCH3 is 1. The first-order chi connectivity index (χ1) is 13.9. The normalized spacial score (nSPS) is 11.8. The van der Waals surface area contributed by atoms with Crippen molar-refractivity contribution >= 4 is 5.91 Å². The molecular weight excluding hydrogens is 370 g/mol. The molecular formula is C22H25N3O4. The smallest absolute Gasteiger partial charge is 0.263 e. The van der Waals surface area contributed by atoms with E-state index in [1.807, 2.05) is 56.3 Å². The molecule has 0 unspecified atom stereocenters. The first-order valence-corrected chi connectivity index (χ1v) is 9.33. The molecule has 3 aromatic rings. The van der Waals surface area contributed by atoms with Crippen LogP contribution in [0, 0.1) is 13.8 Å². The van der Waals surface area contributed by atoms with E-state index in [-0.39, 0.29) is 12.5 Å². The maximum atomic E-state index is 12.7. The van der Waals surface area contributed by atoms with Crippen LogP contribution >= 0.6 is 0 Å². The summed E-state index contributed by atoms with van der Waals surface area (Å²) in [5.74, 6) is 1.99. The lowest BCUT2D eigenvalue weighted by Gasteiger charge is -2.21. The lowest BCUT2D eigenvalue weighted by molar-refractivity contribution is -0.137.